The second kappa shape index (κ2) is 5.34. The lowest BCUT2D eigenvalue weighted by Crippen LogP contribution is -3.00. The van der Waals surface area contributed by atoms with Gasteiger partial charge in [0.1, 0.15) is 5.75 Å². The van der Waals surface area contributed by atoms with Gasteiger partial charge in [0.15, 0.2) is 12.4 Å². The summed E-state index contributed by atoms with van der Waals surface area (Å²) in [5, 5.41) is 4.98. The molecule has 0 fully saturated rings. The summed E-state index contributed by atoms with van der Waals surface area (Å²) in [5.41, 5.74) is 1.20. The number of methoxy groups -OCH3 is 1. The first-order chi connectivity index (χ1) is 9.85. The van der Waals surface area contributed by atoms with Gasteiger partial charge >= 0.3 is 0 Å². The Morgan fingerprint density at radius 2 is 1.71 bits per heavy atom. The maximum absolute atomic E-state index is 5.30. The summed E-state index contributed by atoms with van der Waals surface area (Å²) in [4.78, 5) is 0. The zero-order valence-corrected chi connectivity index (χ0v) is 13.2. The van der Waals surface area contributed by atoms with Crippen LogP contribution in [0.5, 0.6) is 5.75 Å². The number of aromatic nitrogens is 1. The molecular weight excluding hydrogens is 326 g/mol. The lowest BCUT2D eigenvalue weighted by Gasteiger charge is -2.05. The highest BCUT2D eigenvalue weighted by Crippen LogP contribution is 2.28. The molecule has 4 rings (SSSR count). The highest BCUT2D eigenvalue weighted by molar-refractivity contribution is 6.08. The van der Waals surface area contributed by atoms with E-state index in [4.69, 9.17) is 4.74 Å². The van der Waals surface area contributed by atoms with Gasteiger partial charge in [-0.15, -0.1) is 0 Å². The van der Waals surface area contributed by atoms with Crippen LogP contribution in [0.1, 0.15) is 0 Å². The van der Waals surface area contributed by atoms with E-state index in [2.05, 4.69) is 59.3 Å². The summed E-state index contributed by atoms with van der Waals surface area (Å²) in [5.74, 6) is 0.895. The van der Waals surface area contributed by atoms with Crippen LogP contribution in [-0.4, -0.2) is 7.11 Å². The van der Waals surface area contributed by atoms with E-state index in [1.165, 1.54) is 27.1 Å². The molecule has 4 aromatic rings. The Kier molecular flexibility index (Phi) is 3.52. The van der Waals surface area contributed by atoms with E-state index in [1.54, 1.807) is 7.11 Å². The van der Waals surface area contributed by atoms with Crippen LogP contribution in [0.15, 0.2) is 67.0 Å². The molecule has 0 saturated heterocycles. The number of ether oxygens (including phenoxy) is 1. The third-order valence-corrected chi connectivity index (χ3v) is 3.80. The standard InChI is InChI=1S/C18H14NO.BrH/c1-20-16-7-8-17-13(10-16)5-6-14-12-19-9-3-2-4-15(19)11-18(14)17;/h2-12H,1H3;1H/q+1;/p-1. The number of rotatable bonds is 1. The topological polar surface area (TPSA) is 13.3 Å². The molecule has 3 heteroatoms. The minimum absolute atomic E-state index is 0. The number of fused-ring (bicyclic) bond motifs is 4. The van der Waals surface area contributed by atoms with Crippen LogP contribution < -0.4 is 26.1 Å². The quantitative estimate of drug-likeness (QED) is 0.283. The molecule has 0 amide bonds. The van der Waals surface area contributed by atoms with Crippen molar-refractivity contribution in [1.29, 1.82) is 0 Å². The van der Waals surface area contributed by atoms with E-state index in [9.17, 15) is 0 Å². The minimum Gasteiger partial charge on any atom is -1.00 e. The SMILES string of the molecule is COc1ccc2c(ccc3c[n+]4ccccc4cc32)c1.[Br-]. The average molecular weight is 340 g/mol. The van der Waals surface area contributed by atoms with E-state index in [0.29, 0.717) is 0 Å². The first-order valence-corrected chi connectivity index (χ1v) is 6.66. The summed E-state index contributed by atoms with van der Waals surface area (Å²) in [6.07, 6.45) is 4.25. The smallest absolute Gasteiger partial charge is 0.211 e. The predicted molar refractivity (Wildman–Crippen MR) is 81.2 cm³/mol. The summed E-state index contributed by atoms with van der Waals surface area (Å²) in [6, 6.07) is 19.0. The van der Waals surface area contributed by atoms with Crippen molar-refractivity contribution in [2.45, 2.75) is 0 Å². The normalized spacial score (nSPS) is 10.7. The molecule has 21 heavy (non-hydrogen) atoms. The Bertz CT molecular complexity index is 949. The van der Waals surface area contributed by atoms with Crippen LogP contribution in [0.4, 0.5) is 0 Å². The van der Waals surface area contributed by atoms with Crippen molar-refractivity contribution in [2.24, 2.45) is 0 Å². The fraction of sp³-hybridized carbons (Fsp3) is 0.0556. The molecule has 0 aliphatic carbocycles. The van der Waals surface area contributed by atoms with E-state index in [0.717, 1.165) is 5.75 Å². The highest BCUT2D eigenvalue weighted by Gasteiger charge is 2.08. The van der Waals surface area contributed by atoms with E-state index < -0.39 is 0 Å². The third-order valence-electron chi connectivity index (χ3n) is 3.80. The summed E-state index contributed by atoms with van der Waals surface area (Å²) in [7, 11) is 1.70. The van der Waals surface area contributed by atoms with Gasteiger partial charge in [-0.3, -0.25) is 0 Å². The Balaban J connectivity index is 0.00000132. The summed E-state index contributed by atoms with van der Waals surface area (Å²) >= 11 is 0. The van der Waals surface area contributed by atoms with Crippen LogP contribution in [0.3, 0.4) is 0 Å². The molecule has 0 spiro atoms. The van der Waals surface area contributed by atoms with Gasteiger partial charge in [-0.1, -0.05) is 12.1 Å². The number of hydrogen-bond acceptors (Lipinski definition) is 1. The van der Waals surface area contributed by atoms with E-state index in [1.807, 2.05) is 12.1 Å². The van der Waals surface area contributed by atoms with Crippen molar-refractivity contribution in [3.8, 4) is 5.75 Å². The number of hydrogen-bond donors (Lipinski definition) is 0. The predicted octanol–water partition coefficient (Wildman–Crippen LogP) is 0.744. The van der Waals surface area contributed by atoms with Gasteiger partial charge in [0.2, 0.25) is 5.52 Å². The molecule has 0 atom stereocenters. The highest BCUT2D eigenvalue weighted by atomic mass is 79.9. The average Bonchev–Trinajstić information content (AvgIpc) is 2.52. The lowest BCUT2D eigenvalue weighted by atomic mass is 10.0. The van der Waals surface area contributed by atoms with Crippen molar-refractivity contribution < 1.29 is 26.1 Å². The van der Waals surface area contributed by atoms with E-state index >= 15 is 0 Å². The van der Waals surface area contributed by atoms with Gasteiger partial charge in [-0.25, -0.2) is 0 Å². The Morgan fingerprint density at radius 3 is 2.57 bits per heavy atom. The van der Waals surface area contributed by atoms with Crippen LogP contribution in [-0.2, 0) is 0 Å². The fourth-order valence-electron chi connectivity index (χ4n) is 2.76. The van der Waals surface area contributed by atoms with Gasteiger partial charge in [0, 0.05) is 29.0 Å². The van der Waals surface area contributed by atoms with Gasteiger partial charge in [-0.2, -0.15) is 4.40 Å². The van der Waals surface area contributed by atoms with Gasteiger partial charge in [0.05, 0.1) is 7.11 Å². The van der Waals surface area contributed by atoms with Crippen molar-refractivity contribution in [1.82, 2.24) is 0 Å². The molecule has 2 nitrogen and oxygen atoms in total. The van der Waals surface area contributed by atoms with Crippen molar-refractivity contribution in [2.75, 3.05) is 7.11 Å². The molecule has 2 heterocycles. The molecule has 0 aliphatic rings. The number of pyridine rings is 2. The van der Waals surface area contributed by atoms with Gasteiger partial charge in [0.25, 0.3) is 0 Å². The molecule has 0 radical (unpaired) electrons. The maximum atomic E-state index is 5.30. The second-order valence-corrected chi connectivity index (χ2v) is 4.96. The zero-order valence-electron chi connectivity index (χ0n) is 11.6. The molecule has 0 N–H and O–H groups in total. The van der Waals surface area contributed by atoms with Gasteiger partial charge < -0.3 is 21.7 Å². The molecule has 2 aromatic carbocycles. The zero-order chi connectivity index (χ0) is 13.5. The van der Waals surface area contributed by atoms with Crippen molar-refractivity contribution in [3.63, 3.8) is 0 Å². The molecule has 0 unspecified atom stereocenters. The van der Waals surface area contributed by atoms with E-state index in [-0.39, 0.29) is 17.0 Å². The van der Waals surface area contributed by atoms with Crippen LogP contribution in [0, 0.1) is 0 Å². The van der Waals surface area contributed by atoms with Crippen molar-refractivity contribution >= 4 is 27.1 Å². The monoisotopic (exact) mass is 339 g/mol. The summed E-state index contributed by atoms with van der Waals surface area (Å²) < 4.78 is 7.45. The Hall–Kier alpha value is -2.13. The third kappa shape index (κ3) is 2.24. The first-order valence-electron chi connectivity index (χ1n) is 6.66. The molecular formula is C18H14BrNO. The molecule has 0 bridgehead atoms. The molecule has 2 aromatic heterocycles. The molecule has 0 aliphatic heterocycles. The maximum Gasteiger partial charge on any atom is 0.211 e. The van der Waals surface area contributed by atoms with Crippen LogP contribution in [0.2, 0.25) is 0 Å². The van der Waals surface area contributed by atoms with Crippen LogP contribution in [0.25, 0.3) is 27.1 Å². The first kappa shape index (κ1) is 13.8. The Morgan fingerprint density at radius 1 is 0.857 bits per heavy atom. The van der Waals surface area contributed by atoms with Crippen LogP contribution >= 0.6 is 0 Å². The molecule has 104 valence electrons. The number of nitrogens with zero attached hydrogens (tertiary/aromatic N) is 1. The Labute approximate surface area is 133 Å². The fourth-order valence-corrected chi connectivity index (χ4v) is 2.76. The number of benzene rings is 2. The lowest BCUT2D eigenvalue weighted by molar-refractivity contribution is -0.510. The largest absolute Gasteiger partial charge is 1.00 e. The summed E-state index contributed by atoms with van der Waals surface area (Å²) in [6.45, 7) is 0. The van der Waals surface area contributed by atoms with Crippen molar-refractivity contribution in [3.05, 3.63) is 67.0 Å². The minimum atomic E-state index is 0. The number of halogens is 1. The second-order valence-electron chi connectivity index (χ2n) is 4.96. The molecule has 0 saturated carbocycles. The van der Waals surface area contributed by atoms with Gasteiger partial charge in [-0.05, 0) is 35.0 Å².